The molecule has 0 aliphatic rings. The van der Waals surface area contributed by atoms with Crippen LogP contribution in [-0.2, 0) is 11.2 Å². The predicted molar refractivity (Wildman–Crippen MR) is 58.8 cm³/mol. The first-order valence-corrected chi connectivity index (χ1v) is 5.16. The van der Waals surface area contributed by atoms with E-state index in [4.69, 9.17) is 5.11 Å². The third kappa shape index (κ3) is 2.93. The zero-order valence-corrected chi connectivity index (χ0v) is 9.55. The van der Waals surface area contributed by atoms with Crippen molar-refractivity contribution in [3.63, 3.8) is 0 Å². The summed E-state index contributed by atoms with van der Waals surface area (Å²) in [6.07, 6.45) is -0.0250. The minimum absolute atomic E-state index is 0.0250. The molecule has 0 spiro atoms. The van der Waals surface area contributed by atoms with Gasteiger partial charge in [-0.15, -0.1) is 0 Å². The average molecular weight is 290 g/mol. The molecule has 0 aromatic heterocycles. The topological polar surface area (TPSA) is 101 Å². The van der Waals surface area contributed by atoms with Gasteiger partial charge in [-0.1, -0.05) is 15.9 Å². The van der Waals surface area contributed by atoms with Crippen molar-refractivity contribution in [2.75, 3.05) is 0 Å². The van der Waals surface area contributed by atoms with Crippen LogP contribution in [0.5, 0.6) is 5.75 Å². The van der Waals surface area contributed by atoms with E-state index >= 15 is 0 Å². The Hall–Kier alpha value is -1.63. The lowest BCUT2D eigenvalue weighted by Crippen LogP contribution is -2.15. The molecule has 2 N–H and O–H groups in total. The monoisotopic (exact) mass is 289 g/mol. The number of nitro groups is 1. The molecule has 1 unspecified atom stereocenters. The fourth-order valence-electron chi connectivity index (χ4n) is 1.13. The predicted octanol–water partition coefficient (Wildman–Crippen LogP) is 1.69. The Balaban J connectivity index is 2.98. The van der Waals surface area contributed by atoms with Crippen LogP contribution < -0.4 is 0 Å². The second kappa shape index (κ2) is 4.93. The van der Waals surface area contributed by atoms with Crippen LogP contribution in [0.2, 0.25) is 0 Å². The van der Waals surface area contributed by atoms with Gasteiger partial charge >= 0.3 is 5.97 Å². The molecule has 1 aromatic carbocycles. The lowest BCUT2D eigenvalue weighted by atomic mass is 10.1. The summed E-state index contributed by atoms with van der Waals surface area (Å²) in [5.41, 5.74) is 0.0383. The van der Waals surface area contributed by atoms with E-state index in [0.717, 1.165) is 12.1 Å². The number of aliphatic carboxylic acids is 1. The second-order valence-electron chi connectivity index (χ2n) is 3.08. The molecule has 0 radical (unpaired) electrons. The molecule has 0 fully saturated rings. The molecule has 0 amide bonds. The zero-order valence-electron chi connectivity index (χ0n) is 7.96. The first-order valence-electron chi connectivity index (χ1n) is 4.25. The number of carbonyl (C=O) groups is 1. The van der Waals surface area contributed by atoms with Gasteiger partial charge in [-0.05, 0) is 12.5 Å². The minimum Gasteiger partial charge on any atom is -0.508 e. The third-order valence-electron chi connectivity index (χ3n) is 1.94. The molecule has 0 aliphatic carbocycles. The van der Waals surface area contributed by atoms with Gasteiger partial charge in [0.15, 0.2) is 0 Å². The number of rotatable bonds is 4. The number of nitro benzene ring substituents is 1. The van der Waals surface area contributed by atoms with Crippen molar-refractivity contribution >= 4 is 27.6 Å². The zero-order chi connectivity index (χ0) is 12.3. The highest BCUT2D eigenvalue weighted by molar-refractivity contribution is 9.10. The van der Waals surface area contributed by atoms with Crippen LogP contribution in [0, 0.1) is 10.1 Å². The van der Waals surface area contributed by atoms with Crippen LogP contribution in [0.4, 0.5) is 5.69 Å². The summed E-state index contributed by atoms with van der Waals surface area (Å²) >= 11 is 2.89. The molecule has 1 aromatic rings. The third-order valence-corrected chi connectivity index (χ3v) is 2.66. The number of aromatic hydroxyl groups is 1. The lowest BCUT2D eigenvalue weighted by Gasteiger charge is -2.06. The van der Waals surface area contributed by atoms with E-state index < -0.39 is 15.7 Å². The standard InChI is InChI=1S/C9H8BrNO5/c10-7(9(13)14)4-5-3-6(11(15)16)1-2-8(5)12/h1-3,7,12H,4H2,(H,13,14). The summed E-state index contributed by atoms with van der Waals surface area (Å²) in [6.45, 7) is 0. The quantitative estimate of drug-likeness (QED) is 0.499. The maximum atomic E-state index is 10.6. The average Bonchev–Trinajstić information content (AvgIpc) is 2.20. The Labute approximate surface area is 98.8 Å². The molecule has 0 bridgehead atoms. The Bertz CT molecular complexity index is 434. The molecule has 1 atom stereocenters. The first-order chi connectivity index (χ1) is 7.41. The van der Waals surface area contributed by atoms with E-state index in [9.17, 15) is 20.0 Å². The highest BCUT2D eigenvalue weighted by Crippen LogP contribution is 2.25. The fourth-order valence-corrected chi connectivity index (χ4v) is 1.48. The van der Waals surface area contributed by atoms with Crippen LogP contribution in [0.1, 0.15) is 5.56 Å². The van der Waals surface area contributed by atoms with Crippen molar-refractivity contribution in [2.45, 2.75) is 11.2 Å². The van der Waals surface area contributed by atoms with Crippen LogP contribution in [0.25, 0.3) is 0 Å². The Kier molecular flexibility index (Phi) is 3.83. The number of phenolic OH excluding ortho intramolecular Hbond substituents is 1. The second-order valence-corrected chi connectivity index (χ2v) is 4.19. The summed E-state index contributed by atoms with van der Waals surface area (Å²) < 4.78 is 0. The number of hydrogen-bond donors (Lipinski definition) is 2. The molecule has 6 nitrogen and oxygen atoms in total. The highest BCUT2D eigenvalue weighted by atomic mass is 79.9. The number of carboxylic acids is 1. The number of phenols is 1. The van der Waals surface area contributed by atoms with Crippen molar-refractivity contribution in [3.8, 4) is 5.75 Å². The number of halogens is 1. The van der Waals surface area contributed by atoms with Gasteiger partial charge in [-0.3, -0.25) is 14.9 Å². The van der Waals surface area contributed by atoms with E-state index in [1.165, 1.54) is 6.07 Å². The van der Waals surface area contributed by atoms with Crippen molar-refractivity contribution in [1.82, 2.24) is 0 Å². The molecule has 7 heteroatoms. The molecule has 0 aliphatic heterocycles. The normalized spacial score (nSPS) is 12.1. The van der Waals surface area contributed by atoms with Gasteiger partial charge in [0, 0.05) is 17.7 Å². The van der Waals surface area contributed by atoms with Gasteiger partial charge in [0.25, 0.3) is 5.69 Å². The van der Waals surface area contributed by atoms with Gasteiger partial charge < -0.3 is 10.2 Å². The minimum atomic E-state index is -1.09. The van der Waals surface area contributed by atoms with Crippen LogP contribution >= 0.6 is 15.9 Å². The van der Waals surface area contributed by atoms with E-state index in [1.807, 2.05) is 0 Å². The number of alkyl halides is 1. The number of non-ortho nitro benzene ring substituents is 1. The number of nitrogens with zero attached hydrogens (tertiary/aromatic N) is 1. The van der Waals surface area contributed by atoms with Gasteiger partial charge in [0.1, 0.15) is 10.6 Å². The molecule has 0 saturated carbocycles. The number of benzene rings is 1. The summed E-state index contributed by atoms with van der Waals surface area (Å²) in [5.74, 6) is -1.25. The maximum absolute atomic E-state index is 10.6. The van der Waals surface area contributed by atoms with E-state index in [2.05, 4.69) is 15.9 Å². The molecule has 0 saturated heterocycles. The Morgan fingerprint density at radius 3 is 2.69 bits per heavy atom. The summed E-state index contributed by atoms with van der Waals surface area (Å²) in [6, 6.07) is 3.49. The molecule has 16 heavy (non-hydrogen) atoms. The van der Waals surface area contributed by atoms with E-state index in [1.54, 1.807) is 0 Å². The number of carboxylic acid groups (broad SMARTS) is 1. The molecule has 1 rings (SSSR count). The number of hydrogen-bond acceptors (Lipinski definition) is 4. The van der Waals surface area contributed by atoms with Gasteiger partial charge in [-0.2, -0.15) is 0 Å². The Morgan fingerprint density at radius 2 is 2.19 bits per heavy atom. The summed E-state index contributed by atoms with van der Waals surface area (Å²) in [7, 11) is 0. The fraction of sp³-hybridized carbons (Fsp3) is 0.222. The summed E-state index contributed by atoms with van der Waals surface area (Å²) in [5, 5.41) is 28.5. The highest BCUT2D eigenvalue weighted by Gasteiger charge is 2.18. The first kappa shape index (κ1) is 12.4. The SMILES string of the molecule is O=C(O)C(Br)Cc1cc([N+](=O)[O-])ccc1O. The van der Waals surface area contributed by atoms with Gasteiger partial charge in [0.2, 0.25) is 0 Å². The van der Waals surface area contributed by atoms with Crippen LogP contribution in [-0.4, -0.2) is 25.9 Å². The largest absolute Gasteiger partial charge is 0.508 e. The van der Waals surface area contributed by atoms with Crippen LogP contribution in [0.3, 0.4) is 0 Å². The molecule has 86 valence electrons. The van der Waals surface area contributed by atoms with Crippen LogP contribution in [0.15, 0.2) is 18.2 Å². The van der Waals surface area contributed by atoms with Crippen molar-refractivity contribution in [3.05, 3.63) is 33.9 Å². The van der Waals surface area contributed by atoms with Crippen molar-refractivity contribution in [2.24, 2.45) is 0 Å². The van der Waals surface area contributed by atoms with E-state index in [0.29, 0.717) is 0 Å². The molecule has 0 heterocycles. The Morgan fingerprint density at radius 1 is 1.56 bits per heavy atom. The lowest BCUT2D eigenvalue weighted by molar-refractivity contribution is -0.384. The summed E-state index contributed by atoms with van der Waals surface area (Å²) in [4.78, 5) is 19.6. The van der Waals surface area contributed by atoms with Gasteiger partial charge in [0.05, 0.1) is 4.92 Å². The maximum Gasteiger partial charge on any atom is 0.317 e. The van der Waals surface area contributed by atoms with E-state index in [-0.39, 0.29) is 23.4 Å². The smallest absolute Gasteiger partial charge is 0.317 e. The van der Waals surface area contributed by atoms with Crippen molar-refractivity contribution < 1.29 is 19.9 Å². The molecular formula is C9H8BrNO5. The molecular weight excluding hydrogens is 282 g/mol. The van der Waals surface area contributed by atoms with Crippen molar-refractivity contribution in [1.29, 1.82) is 0 Å². The van der Waals surface area contributed by atoms with Gasteiger partial charge in [-0.25, -0.2) is 0 Å².